The number of ether oxygens (including phenoxy) is 1. The normalized spacial score (nSPS) is 21.7. The summed E-state index contributed by atoms with van der Waals surface area (Å²) in [6.45, 7) is 1.17. The molecule has 1 unspecified atom stereocenters. The van der Waals surface area contributed by atoms with E-state index in [4.69, 9.17) is 4.74 Å². The van der Waals surface area contributed by atoms with Gasteiger partial charge >= 0.3 is 0 Å². The number of carbonyl (C=O) groups is 1. The van der Waals surface area contributed by atoms with Crippen LogP contribution >= 0.6 is 15.9 Å². The number of benzene rings is 1. The summed E-state index contributed by atoms with van der Waals surface area (Å²) in [7, 11) is 0. The quantitative estimate of drug-likeness (QED) is 0.824. The first-order valence-electron chi connectivity index (χ1n) is 5.10. The lowest BCUT2D eigenvalue weighted by Crippen LogP contribution is -2.29. The molecule has 0 N–H and O–H groups in total. The molecule has 0 aliphatic carbocycles. The maximum Gasteiger partial charge on any atom is 0.140 e. The lowest BCUT2D eigenvalue weighted by Gasteiger charge is -2.20. The van der Waals surface area contributed by atoms with Crippen molar-refractivity contribution in [3.63, 3.8) is 0 Å². The van der Waals surface area contributed by atoms with E-state index in [-0.39, 0.29) is 5.92 Å². The fourth-order valence-corrected chi connectivity index (χ4v) is 2.26. The minimum Gasteiger partial charge on any atom is -0.380 e. The number of Topliss-reactive ketones (excluding diaryl/α,β-unsaturated/α-hetero) is 1. The molecule has 3 heteroatoms. The Morgan fingerprint density at radius 1 is 1.47 bits per heavy atom. The molecule has 1 atom stereocenters. The molecule has 0 spiro atoms. The van der Waals surface area contributed by atoms with Gasteiger partial charge in [-0.05, 0) is 24.1 Å². The first kappa shape index (κ1) is 10.8. The molecular weight excluding hydrogens is 256 g/mol. The van der Waals surface area contributed by atoms with Crippen molar-refractivity contribution < 1.29 is 9.53 Å². The van der Waals surface area contributed by atoms with Crippen LogP contribution < -0.4 is 0 Å². The Morgan fingerprint density at radius 2 is 2.33 bits per heavy atom. The van der Waals surface area contributed by atoms with Crippen LogP contribution in [0.15, 0.2) is 28.7 Å². The SMILES string of the molecule is O=C1CCOCC1Cc1cccc(Br)c1. The van der Waals surface area contributed by atoms with Crippen LogP contribution in [-0.2, 0) is 16.0 Å². The molecule has 15 heavy (non-hydrogen) atoms. The fraction of sp³-hybridized carbons (Fsp3) is 0.417. The molecule has 1 fully saturated rings. The molecule has 0 aromatic heterocycles. The zero-order valence-corrected chi connectivity index (χ0v) is 10.00. The van der Waals surface area contributed by atoms with Gasteiger partial charge in [-0.25, -0.2) is 0 Å². The topological polar surface area (TPSA) is 26.3 Å². The number of hydrogen-bond donors (Lipinski definition) is 0. The Kier molecular flexibility index (Phi) is 3.54. The number of carbonyl (C=O) groups excluding carboxylic acids is 1. The molecule has 80 valence electrons. The smallest absolute Gasteiger partial charge is 0.140 e. The van der Waals surface area contributed by atoms with Crippen LogP contribution in [0.3, 0.4) is 0 Å². The van der Waals surface area contributed by atoms with Gasteiger partial charge in [-0.2, -0.15) is 0 Å². The van der Waals surface area contributed by atoms with Crippen LogP contribution in [0, 0.1) is 5.92 Å². The van der Waals surface area contributed by atoms with Crippen molar-refractivity contribution in [3.8, 4) is 0 Å². The standard InChI is InChI=1S/C12H13BrO2/c13-11-3-1-2-9(7-11)6-10-8-15-5-4-12(10)14/h1-3,7,10H,4-6,8H2. The average molecular weight is 269 g/mol. The molecule has 0 radical (unpaired) electrons. The summed E-state index contributed by atoms with van der Waals surface area (Å²) < 4.78 is 6.38. The summed E-state index contributed by atoms with van der Waals surface area (Å²) >= 11 is 3.43. The Hall–Kier alpha value is -0.670. The average Bonchev–Trinajstić information content (AvgIpc) is 2.22. The van der Waals surface area contributed by atoms with E-state index < -0.39 is 0 Å². The van der Waals surface area contributed by atoms with E-state index in [0.717, 1.165) is 10.9 Å². The van der Waals surface area contributed by atoms with Crippen LogP contribution in [-0.4, -0.2) is 19.0 Å². The lowest BCUT2D eigenvalue weighted by molar-refractivity contribution is -0.130. The summed E-state index contributed by atoms with van der Waals surface area (Å²) in [6.07, 6.45) is 1.36. The van der Waals surface area contributed by atoms with Crippen molar-refractivity contribution in [1.82, 2.24) is 0 Å². The van der Waals surface area contributed by atoms with Crippen LogP contribution in [0.25, 0.3) is 0 Å². The highest BCUT2D eigenvalue weighted by Crippen LogP contribution is 2.18. The zero-order valence-electron chi connectivity index (χ0n) is 8.41. The van der Waals surface area contributed by atoms with Gasteiger partial charge in [-0.15, -0.1) is 0 Å². The largest absolute Gasteiger partial charge is 0.380 e. The van der Waals surface area contributed by atoms with Gasteiger partial charge in [0.15, 0.2) is 0 Å². The Balaban J connectivity index is 2.04. The molecule has 2 rings (SSSR count). The summed E-state index contributed by atoms with van der Waals surface area (Å²) in [6, 6.07) is 8.09. The van der Waals surface area contributed by atoms with Crippen molar-refractivity contribution in [3.05, 3.63) is 34.3 Å². The van der Waals surface area contributed by atoms with E-state index in [1.807, 2.05) is 18.2 Å². The first-order valence-corrected chi connectivity index (χ1v) is 5.90. The highest BCUT2D eigenvalue weighted by Gasteiger charge is 2.22. The molecule has 0 bridgehead atoms. The maximum absolute atomic E-state index is 11.6. The molecule has 1 heterocycles. The monoisotopic (exact) mass is 268 g/mol. The Bertz CT molecular complexity index is 362. The van der Waals surface area contributed by atoms with Crippen LogP contribution in [0.4, 0.5) is 0 Å². The van der Waals surface area contributed by atoms with Crippen molar-refractivity contribution >= 4 is 21.7 Å². The molecule has 0 amide bonds. The second kappa shape index (κ2) is 4.90. The third-order valence-electron chi connectivity index (χ3n) is 2.64. The molecule has 1 aliphatic rings. The van der Waals surface area contributed by atoms with Crippen molar-refractivity contribution in [2.24, 2.45) is 5.92 Å². The molecule has 0 saturated carbocycles. The van der Waals surface area contributed by atoms with Crippen LogP contribution in [0.2, 0.25) is 0 Å². The van der Waals surface area contributed by atoms with Gasteiger partial charge in [0, 0.05) is 16.8 Å². The van der Waals surface area contributed by atoms with Gasteiger partial charge in [0.25, 0.3) is 0 Å². The van der Waals surface area contributed by atoms with E-state index >= 15 is 0 Å². The predicted octanol–water partition coefficient (Wildman–Crippen LogP) is 2.60. The first-order chi connectivity index (χ1) is 7.25. The molecule has 1 aromatic carbocycles. The van der Waals surface area contributed by atoms with Gasteiger partial charge in [-0.3, -0.25) is 4.79 Å². The van der Waals surface area contributed by atoms with Crippen molar-refractivity contribution in [2.45, 2.75) is 12.8 Å². The highest BCUT2D eigenvalue weighted by atomic mass is 79.9. The molecule has 1 saturated heterocycles. The summed E-state index contributed by atoms with van der Waals surface area (Å²) in [5.41, 5.74) is 1.19. The molecule has 2 nitrogen and oxygen atoms in total. The molecular formula is C12H13BrO2. The predicted molar refractivity (Wildman–Crippen MR) is 61.8 cm³/mol. The lowest BCUT2D eigenvalue weighted by atomic mass is 9.93. The van der Waals surface area contributed by atoms with Gasteiger partial charge < -0.3 is 4.74 Å². The zero-order chi connectivity index (χ0) is 10.7. The van der Waals surface area contributed by atoms with E-state index in [1.54, 1.807) is 0 Å². The Labute approximate surface area is 97.8 Å². The summed E-state index contributed by atoms with van der Waals surface area (Å²) in [5, 5.41) is 0. The minimum absolute atomic E-state index is 0.0491. The summed E-state index contributed by atoms with van der Waals surface area (Å²) in [4.78, 5) is 11.6. The highest BCUT2D eigenvalue weighted by molar-refractivity contribution is 9.10. The fourth-order valence-electron chi connectivity index (χ4n) is 1.82. The number of rotatable bonds is 2. The summed E-state index contributed by atoms with van der Waals surface area (Å²) in [5.74, 6) is 0.384. The van der Waals surface area contributed by atoms with E-state index in [2.05, 4.69) is 22.0 Å². The van der Waals surface area contributed by atoms with E-state index in [9.17, 15) is 4.79 Å². The third kappa shape index (κ3) is 2.89. The van der Waals surface area contributed by atoms with E-state index in [0.29, 0.717) is 25.4 Å². The van der Waals surface area contributed by atoms with Crippen LogP contribution in [0.5, 0.6) is 0 Å². The number of ketones is 1. The molecule has 1 aliphatic heterocycles. The van der Waals surface area contributed by atoms with Gasteiger partial charge in [0.2, 0.25) is 0 Å². The maximum atomic E-state index is 11.6. The van der Waals surface area contributed by atoms with Gasteiger partial charge in [-0.1, -0.05) is 28.1 Å². The van der Waals surface area contributed by atoms with Crippen molar-refractivity contribution in [1.29, 1.82) is 0 Å². The van der Waals surface area contributed by atoms with Gasteiger partial charge in [0.1, 0.15) is 5.78 Å². The number of halogens is 1. The molecule has 1 aromatic rings. The second-order valence-electron chi connectivity index (χ2n) is 3.82. The third-order valence-corrected chi connectivity index (χ3v) is 3.13. The van der Waals surface area contributed by atoms with Crippen LogP contribution in [0.1, 0.15) is 12.0 Å². The minimum atomic E-state index is 0.0491. The van der Waals surface area contributed by atoms with Gasteiger partial charge in [0.05, 0.1) is 13.2 Å². The Morgan fingerprint density at radius 3 is 3.07 bits per heavy atom. The van der Waals surface area contributed by atoms with E-state index in [1.165, 1.54) is 5.56 Å². The number of hydrogen-bond acceptors (Lipinski definition) is 2. The van der Waals surface area contributed by atoms with Crippen molar-refractivity contribution in [2.75, 3.05) is 13.2 Å². The second-order valence-corrected chi connectivity index (χ2v) is 4.74.